The number of benzene rings is 1. The molecule has 0 heterocycles. The van der Waals surface area contributed by atoms with Gasteiger partial charge in [-0.2, -0.15) is 0 Å². The van der Waals surface area contributed by atoms with Gasteiger partial charge in [0.2, 0.25) is 0 Å². The molecule has 0 spiro atoms. The summed E-state index contributed by atoms with van der Waals surface area (Å²) < 4.78 is 0. The van der Waals surface area contributed by atoms with E-state index < -0.39 is 0 Å². The monoisotopic (exact) mass is 285 g/mol. The standard InChI is InChI=1S/C12H16ClN3OS/c1-8-3-4-9(7-10(8)13)15-12(17)16(2)6-5-11(14)18/h3-4,7H,5-6H2,1-2H3,(H2,14,18)(H,15,17). The molecule has 0 aliphatic rings. The first kappa shape index (κ1) is 14.7. The minimum atomic E-state index is -0.217. The highest BCUT2D eigenvalue weighted by Crippen LogP contribution is 2.20. The molecule has 0 bridgehead atoms. The van der Waals surface area contributed by atoms with Crippen LogP contribution in [0.2, 0.25) is 5.02 Å². The van der Waals surface area contributed by atoms with Crippen LogP contribution >= 0.6 is 23.8 Å². The summed E-state index contributed by atoms with van der Waals surface area (Å²) in [4.78, 5) is 13.7. The number of aryl methyl sites for hydroxylation is 1. The average molecular weight is 286 g/mol. The van der Waals surface area contributed by atoms with Crippen LogP contribution in [0.3, 0.4) is 0 Å². The number of thiocarbonyl (C=S) groups is 1. The minimum absolute atomic E-state index is 0.217. The van der Waals surface area contributed by atoms with Crippen LogP contribution in [-0.2, 0) is 0 Å². The molecule has 6 heteroatoms. The minimum Gasteiger partial charge on any atom is -0.393 e. The van der Waals surface area contributed by atoms with Crippen molar-refractivity contribution in [3.63, 3.8) is 0 Å². The molecule has 0 saturated carbocycles. The number of halogens is 1. The molecule has 0 aromatic heterocycles. The Hall–Kier alpha value is -1.33. The Labute approximate surface area is 117 Å². The molecule has 0 fully saturated rings. The second kappa shape index (κ2) is 6.56. The van der Waals surface area contributed by atoms with E-state index in [0.717, 1.165) is 5.56 Å². The predicted molar refractivity (Wildman–Crippen MR) is 79.2 cm³/mol. The Balaban J connectivity index is 2.58. The summed E-state index contributed by atoms with van der Waals surface area (Å²) in [6.07, 6.45) is 0.508. The van der Waals surface area contributed by atoms with Gasteiger partial charge in [0.1, 0.15) is 0 Å². The van der Waals surface area contributed by atoms with Gasteiger partial charge in [0.05, 0.1) is 4.99 Å². The van der Waals surface area contributed by atoms with E-state index >= 15 is 0 Å². The zero-order chi connectivity index (χ0) is 13.7. The van der Waals surface area contributed by atoms with E-state index in [9.17, 15) is 4.79 Å². The van der Waals surface area contributed by atoms with Gasteiger partial charge in [-0.1, -0.05) is 29.9 Å². The summed E-state index contributed by atoms with van der Waals surface area (Å²) in [5.41, 5.74) is 7.02. The quantitative estimate of drug-likeness (QED) is 0.837. The summed E-state index contributed by atoms with van der Waals surface area (Å²) in [7, 11) is 1.68. The van der Waals surface area contributed by atoms with Crippen LogP contribution in [0.4, 0.5) is 10.5 Å². The maximum Gasteiger partial charge on any atom is 0.321 e. The van der Waals surface area contributed by atoms with Crippen LogP contribution in [0.1, 0.15) is 12.0 Å². The number of anilines is 1. The van der Waals surface area contributed by atoms with Crippen LogP contribution in [-0.4, -0.2) is 29.5 Å². The summed E-state index contributed by atoms with van der Waals surface area (Å²) >= 11 is 10.7. The average Bonchev–Trinajstić information content (AvgIpc) is 2.30. The molecule has 0 aliphatic carbocycles. The summed E-state index contributed by atoms with van der Waals surface area (Å²) in [6.45, 7) is 2.39. The van der Waals surface area contributed by atoms with E-state index in [1.54, 1.807) is 19.2 Å². The third kappa shape index (κ3) is 4.50. The summed E-state index contributed by atoms with van der Waals surface area (Å²) in [5.74, 6) is 0. The lowest BCUT2D eigenvalue weighted by Crippen LogP contribution is -2.33. The highest BCUT2D eigenvalue weighted by atomic mass is 35.5. The molecule has 0 unspecified atom stereocenters. The number of hydrogen-bond donors (Lipinski definition) is 2. The van der Waals surface area contributed by atoms with Crippen LogP contribution in [0.5, 0.6) is 0 Å². The van der Waals surface area contributed by atoms with E-state index in [-0.39, 0.29) is 6.03 Å². The molecular formula is C12H16ClN3OS. The Bertz CT molecular complexity index is 465. The van der Waals surface area contributed by atoms with Crippen molar-refractivity contribution in [2.24, 2.45) is 5.73 Å². The Kier molecular flexibility index (Phi) is 5.37. The molecule has 0 radical (unpaired) electrons. The lowest BCUT2D eigenvalue weighted by molar-refractivity contribution is 0.223. The lowest BCUT2D eigenvalue weighted by Gasteiger charge is -2.17. The number of hydrogen-bond acceptors (Lipinski definition) is 2. The second-order valence-corrected chi connectivity index (χ2v) is 4.96. The first-order valence-electron chi connectivity index (χ1n) is 5.46. The number of amides is 2. The Morgan fingerprint density at radius 2 is 2.22 bits per heavy atom. The van der Waals surface area contributed by atoms with Gasteiger partial charge >= 0.3 is 6.03 Å². The molecule has 98 valence electrons. The number of carbonyl (C=O) groups excluding carboxylic acids is 1. The van der Waals surface area contributed by atoms with Gasteiger partial charge < -0.3 is 16.0 Å². The molecule has 0 atom stereocenters. The third-order valence-electron chi connectivity index (χ3n) is 2.46. The summed E-state index contributed by atoms with van der Waals surface area (Å²) in [6, 6.07) is 5.16. The van der Waals surface area contributed by atoms with Crippen molar-refractivity contribution in [3.05, 3.63) is 28.8 Å². The SMILES string of the molecule is Cc1ccc(NC(=O)N(C)CCC(N)=S)cc1Cl. The van der Waals surface area contributed by atoms with E-state index in [1.807, 2.05) is 13.0 Å². The topological polar surface area (TPSA) is 58.4 Å². The maximum absolute atomic E-state index is 11.8. The Morgan fingerprint density at radius 1 is 1.56 bits per heavy atom. The molecule has 18 heavy (non-hydrogen) atoms. The van der Waals surface area contributed by atoms with Crippen LogP contribution in [0.15, 0.2) is 18.2 Å². The molecule has 3 N–H and O–H groups in total. The van der Waals surface area contributed by atoms with Crippen molar-refractivity contribution in [2.75, 3.05) is 18.9 Å². The molecule has 1 rings (SSSR count). The third-order valence-corrected chi connectivity index (χ3v) is 3.07. The number of nitrogens with one attached hydrogen (secondary N) is 1. The number of nitrogens with zero attached hydrogens (tertiary/aromatic N) is 1. The van der Waals surface area contributed by atoms with Crippen molar-refractivity contribution >= 4 is 40.5 Å². The molecule has 0 saturated heterocycles. The van der Waals surface area contributed by atoms with Crippen molar-refractivity contribution in [1.82, 2.24) is 4.90 Å². The number of rotatable bonds is 4. The highest BCUT2D eigenvalue weighted by Gasteiger charge is 2.09. The zero-order valence-corrected chi connectivity index (χ0v) is 11.9. The van der Waals surface area contributed by atoms with Crippen molar-refractivity contribution in [2.45, 2.75) is 13.3 Å². The van der Waals surface area contributed by atoms with Crippen LogP contribution in [0.25, 0.3) is 0 Å². The normalized spacial score (nSPS) is 9.94. The van der Waals surface area contributed by atoms with E-state index in [0.29, 0.717) is 28.7 Å². The van der Waals surface area contributed by atoms with Gasteiger partial charge in [0, 0.05) is 30.7 Å². The van der Waals surface area contributed by atoms with E-state index in [4.69, 9.17) is 29.6 Å². The molecule has 0 aliphatic heterocycles. The number of urea groups is 1. The van der Waals surface area contributed by atoms with Gasteiger partial charge in [-0.05, 0) is 24.6 Å². The molecule has 1 aromatic rings. The Morgan fingerprint density at radius 3 is 2.78 bits per heavy atom. The van der Waals surface area contributed by atoms with Crippen molar-refractivity contribution in [3.8, 4) is 0 Å². The fraction of sp³-hybridized carbons (Fsp3) is 0.333. The fourth-order valence-electron chi connectivity index (χ4n) is 1.27. The van der Waals surface area contributed by atoms with E-state index in [1.165, 1.54) is 4.90 Å². The van der Waals surface area contributed by atoms with E-state index in [2.05, 4.69) is 5.32 Å². The van der Waals surface area contributed by atoms with Gasteiger partial charge in [-0.15, -0.1) is 0 Å². The molecule has 4 nitrogen and oxygen atoms in total. The first-order chi connectivity index (χ1) is 8.40. The van der Waals surface area contributed by atoms with Gasteiger partial charge in [-0.3, -0.25) is 0 Å². The fourth-order valence-corrected chi connectivity index (χ4v) is 1.54. The molecule has 1 aromatic carbocycles. The summed E-state index contributed by atoms with van der Waals surface area (Å²) in [5, 5.41) is 3.38. The zero-order valence-electron chi connectivity index (χ0n) is 10.4. The lowest BCUT2D eigenvalue weighted by atomic mass is 10.2. The number of nitrogens with two attached hydrogens (primary N) is 1. The molecule has 2 amide bonds. The van der Waals surface area contributed by atoms with Gasteiger partial charge in [0.25, 0.3) is 0 Å². The maximum atomic E-state index is 11.8. The second-order valence-electron chi connectivity index (χ2n) is 4.03. The smallest absolute Gasteiger partial charge is 0.321 e. The predicted octanol–water partition coefficient (Wildman–Crippen LogP) is 2.79. The molecular weight excluding hydrogens is 270 g/mol. The number of carbonyl (C=O) groups is 1. The largest absolute Gasteiger partial charge is 0.393 e. The van der Waals surface area contributed by atoms with Crippen LogP contribution in [0, 0.1) is 6.92 Å². The van der Waals surface area contributed by atoms with Gasteiger partial charge in [-0.25, -0.2) is 4.79 Å². The van der Waals surface area contributed by atoms with Gasteiger partial charge in [0.15, 0.2) is 0 Å². The first-order valence-corrected chi connectivity index (χ1v) is 6.25. The van der Waals surface area contributed by atoms with Crippen LogP contribution < -0.4 is 11.1 Å². The highest BCUT2D eigenvalue weighted by molar-refractivity contribution is 7.80. The van der Waals surface area contributed by atoms with Crippen molar-refractivity contribution < 1.29 is 4.79 Å². The van der Waals surface area contributed by atoms with Crippen molar-refractivity contribution in [1.29, 1.82) is 0 Å².